The zero-order valence-electron chi connectivity index (χ0n) is 10.3. The Morgan fingerprint density at radius 3 is 2.75 bits per heavy atom. The Hall–Kier alpha value is -0.450. The van der Waals surface area contributed by atoms with Crippen molar-refractivity contribution in [2.45, 2.75) is 38.0 Å². The van der Waals surface area contributed by atoms with E-state index in [1.807, 2.05) is 31.2 Å². The number of aliphatic hydroxyl groups is 1. The monoisotopic (exact) mass is 243 g/mol. The van der Waals surface area contributed by atoms with Crippen molar-refractivity contribution < 1.29 is 9.32 Å². The Labute approximate surface area is 100 Å². The normalized spacial score (nSPS) is 24.2. The number of hydrogen-bond acceptors (Lipinski definition) is 2. The van der Waals surface area contributed by atoms with Crippen LogP contribution in [0.3, 0.4) is 0 Å². The minimum atomic E-state index is -1.04. The first-order chi connectivity index (χ1) is 7.41. The molecule has 0 spiro atoms. The van der Waals surface area contributed by atoms with Crippen LogP contribution >= 0.6 is 0 Å². The number of nitrogens with zero attached hydrogens (tertiary/aromatic N) is 1. The molecule has 0 aromatic carbocycles. The maximum Gasteiger partial charge on any atom is 0.101 e. The van der Waals surface area contributed by atoms with Crippen LogP contribution in [0, 0.1) is 0 Å². The summed E-state index contributed by atoms with van der Waals surface area (Å²) in [7, 11) is -1.04. The van der Waals surface area contributed by atoms with E-state index in [1.54, 1.807) is 6.08 Å². The van der Waals surface area contributed by atoms with Gasteiger partial charge in [0.2, 0.25) is 0 Å². The van der Waals surface area contributed by atoms with Crippen molar-refractivity contribution in [1.82, 2.24) is 4.31 Å². The van der Waals surface area contributed by atoms with Gasteiger partial charge in [-0.2, -0.15) is 0 Å². The van der Waals surface area contributed by atoms with Gasteiger partial charge in [0.15, 0.2) is 0 Å². The van der Waals surface area contributed by atoms with Gasteiger partial charge in [-0.25, -0.2) is 8.51 Å². The molecule has 0 saturated heterocycles. The summed E-state index contributed by atoms with van der Waals surface area (Å²) in [6.45, 7) is 10.4. The molecule has 3 nitrogen and oxygen atoms in total. The first-order valence-electron chi connectivity index (χ1n) is 5.53. The molecule has 1 heterocycles. The van der Waals surface area contributed by atoms with E-state index in [1.165, 1.54) is 0 Å². The van der Waals surface area contributed by atoms with Crippen LogP contribution in [0.4, 0.5) is 0 Å². The summed E-state index contributed by atoms with van der Waals surface area (Å²) in [6.07, 6.45) is 4.44. The van der Waals surface area contributed by atoms with Gasteiger partial charge in [-0.3, -0.25) is 0 Å². The Morgan fingerprint density at radius 2 is 2.31 bits per heavy atom. The molecule has 2 atom stereocenters. The van der Waals surface area contributed by atoms with Gasteiger partial charge in [0.1, 0.15) is 11.0 Å². The zero-order valence-corrected chi connectivity index (χ0v) is 11.1. The van der Waals surface area contributed by atoms with Gasteiger partial charge in [0, 0.05) is 19.2 Å². The van der Waals surface area contributed by atoms with Gasteiger partial charge in [0.05, 0.1) is 4.75 Å². The minimum Gasteiger partial charge on any atom is -0.396 e. The van der Waals surface area contributed by atoms with E-state index in [4.69, 9.17) is 5.11 Å². The van der Waals surface area contributed by atoms with E-state index < -0.39 is 11.0 Å². The van der Waals surface area contributed by atoms with Gasteiger partial charge < -0.3 is 5.11 Å². The van der Waals surface area contributed by atoms with Crippen LogP contribution in [0.15, 0.2) is 24.3 Å². The maximum absolute atomic E-state index is 12.3. The van der Waals surface area contributed by atoms with Crippen LogP contribution in [0.1, 0.15) is 27.2 Å². The minimum absolute atomic E-state index is 0.0440. The molecule has 1 rings (SSSR count). The van der Waals surface area contributed by atoms with Crippen LogP contribution in [0.2, 0.25) is 0 Å². The Balaban J connectivity index is 2.84. The van der Waals surface area contributed by atoms with Crippen LogP contribution in [-0.4, -0.2) is 37.6 Å². The van der Waals surface area contributed by atoms with Crippen molar-refractivity contribution in [3.05, 3.63) is 24.3 Å². The number of rotatable bonds is 4. The number of aliphatic hydroxyl groups excluding tert-OH is 1. The smallest absolute Gasteiger partial charge is 0.101 e. The predicted octanol–water partition coefficient (Wildman–Crippen LogP) is 1.63. The third kappa shape index (κ3) is 2.81. The average molecular weight is 243 g/mol. The van der Waals surface area contributed by atoms with Crippen molar-refractivity contribution in [3.8, 4) is 0 Å². The molecule has 0 aliphatic carbocycles. The Morgan fingerprint density at radius 1 is 1.69 bits per heavy atom. The average Bonchev–Trinajstić information content (AvgIpc) is 2.59. The van der Waals surface area contributed by atoms with E-state index in [9.17, 15) is 4.21 Å². The molecule has 0 aromatic rings. The third-order valence-corrected chi connectivity index (χ3v) is 4.49. The van der Waals surface area contributed by atoms with E-state index >= 15 is 0 Å². The lowest BCUT2D eigenvalue weighted by molar-refractivity contribution is 0.256. The topological polar surface area (TPSA) is 40.5 Å². The fourth-order valence-corrected chi connectivity index (χ4v) is 3.18. The second-order valence-electron chi connectivity index (χ2n) is 4.90. The summed E-state index contributed by atoms with van der Waals surface area (Å²) in [5, 5.41) is 9.06. The van der Waals surface area contributed by atoms with E-state index in [0.717, 1.165) is 5.57 Å². The summed E-state index contributed by atoms with van der Waals surface area (Å²) in [5.41, 5.74) is 1.08. The van der Waals surface area contributed by atoms with Gasteiger partial charge in [-0.1, -0.05) is 18.7 Å². The number of hydrogen-bond donors (Lipinski definition) is 1. The summed E-state index contributed by atoms with van der Waals surface area (Å²) in [5.74, 6) is 0. The van der Waals surface area contributed by atoms with Gasteiger partial charge in [-0.05, 0) is 32.8 Å². The second-order valence-corrected chi connectivity index (χ2v) is 7.09. The molecule has 0 fully saturated rings. The molecule has 1 aliphatic rings. The van der Waals surface area contributed by atoms with E-state index in [0.29, 0.717) is 13.0 Å². The maximum atomic E-state index is 12.3. The summed E-state index contributed by atoms with van der Waals surface area (Å²) in [6, 6.07) is 0.0440. The lowest BCUT2D eigenvalue weighted by Gasteiger charge is -2.30. The van der Waals surface area contributed by atoms with Gasteiger partial charge >= 0.3 is 0 Å². The molecule has 16 heavy (non-hydrogen) atoms. The molecular formula is C12H21NO2S. The predicted molar refractivity (Wildman–Crippen MR) is 68.4 cm³/mol. The molecule has 1 aliphatic heterocycles. The fraction of sp³-hybridized carbons (Fsp3) is 0.667. The zero-order chi connectivity index (χ0) is 12.3. The first kappa shape index (κ1) is 13.6. The van der Waals surface area contributed by atoms with Crippen molar-refractivity contribution >= 4 is 11.0 Å². The van der Waals surface area contributed by atoms with Crippen molar-refractivity contribution in [2.24, 2.45) is 0 Å². The molecule has 0 amide bonds. The molecule has 0 bridgehead atoms. The Kier molecular flexibility index (Phi) is 4.47. The van der Waals surface area contributed by atoms with Crippen molar-refractivity contribution in [2.75, 3.05) is 13.2 Å². The molecule has 1 unspecified atom stereocenters. The molecule has 92 valence electrons. The fourth-order valence-electron chi connectivity index (χ4n) is 1.81. The lowest BCUT2D eigenvalue weighted by Crippen LogP contribution is -2.42. The summed E-state index contributed by atoms with van der Waals surface area (Å²) in [4.78, 5) is 0. The van der Waals surface area contributed by atoms with Gasteiger partial charge in [0.25, 0.3) is 0 Å². The molecule has 0 aromatic heterocycles. The van der Waals surface area contributed by atoms with Crippen molar-refractivity contribution in [1.29, 1.82) is 0 Å². The SMILES string of the molecule is C=CC1=CCN(S(=O)C(C)(C)C)[C@H]1CCO. The highest BCUT2D eigenvalue weighted by molar-refractivity contribution is 7.84. The second kappa shape index (κ2) is 5.25. The van der Waals surface area contributed by atoms with Gasteiger partial charge in [-0.15, -0.1) is 0 Å². The Bertz CT molecular complexity index is 317. The van der Waals surface area contributed by atoms with E-state index in [-0.39, 0.29) is 17.4 Å². The van der Waals surface area contributed by atoms with Crippen LogP contribution in [-0.2, 0) is 11.0 Å². The van der Waals surface area contributed by atoms with Crippen LogP contribution < -0.4 is 0 Å². The van der Waals surface area contributed by atoms with Crippen LogP contribution in [0.5, 0.6) is 0 Å². The quantitative estimate of drug-likeness (QED) is 0.815. The lowest BCUT2D eigenvalue weighted by atomic mass is 10.1. The molecule has 0 saturated carbocycles. The molecule has 0 radical (unpaired) electrons. The standard InChI is InChI=1S/C12H21NO2S/c1-5-10-6-8-13(11(10)7-9-14)16(15)12(2,3)4/h5-6,11,14H,1,7-9H2,2-4H3/t11-,16?/m0/s1. The highest BCUT2D eigenvalue weighted by atomic mass is 32.2. The molecular weight excluding hydrogens is 222 g/mol. The first-order valence-corrected chi connectivity index (χ1v) is 6.64. The largest absolute Gasteiger partial charge is 0.396 e. The highest BCUT2D eigenvalue weighted by Crippen LogP contribution is 2.28. The van der Waals surface area contributed by atoms with E-state index in [2.05, 4.69) is 6.58 Å². The van der Waals surface area contributed by atoms with Crippen molar-refractivity contribution in [3.63, 3.8) is 0 Å². The molecule has 1 N–H and O–H groups in total. The van der Waals surface area contributed by atoms with Crippen LogP contribution in [0.25, 0.3) is 0 Å². The summed E-state index contributed by atoms with van der Waals surface area (Å²) < 4.78 is 14.0. The highest BCUT2D eigenvalue weighted by Gasteiger charge is 2.34. The molecule has 4 heteroatoms. The summed E-state index contributed by atoms with van der Waals surface area (Å²) >= 11 is 0. The third-order valence-electron chi connectivity index (χ3n) is 2.61.